The molecule has 0 aliphatic carbocycles. The summed E-state index contributed by atoms with van der Waals surface area (Å²) in [5.41, 5.74) is 1.12. The van der Waals surface area contributed by atoms with E-state index in [1.807, 2.05) is 12.1 Å². The monoisotopic (exact) mass is 299 g/mol. The number of hydrogen-bond acceptors (Lipinski definition) is 3. The van der Waals surface area contributed by atoms with E-state index >= 15 is 0 Å². The molecular formula is C13H18BrNO2. The number of rotatable bonds is 2. The van der Waals surface area contributed by atoms with Gasteiger partial charge in [0.1, 0.15) is 5.75 Å². The molecule has 94 valence electrons. The van der Waals surface area contributed by atoms with Crippen molar-refractivity contribution in [2.45, 2.75) is 26.0 Å². The molecule has 0 saturated carbocycles. The van der Waals surface area contributed by atoms with Crippen molar-refractivity contribution in [3.63, 3.8) is 0 Å². The minimum absolute atomic E-state index is 0.286. The van der Waals surface area contributed by atoms with Gasteiger partial charge in [0.2, 0.25) is 0 Å². The number of nitrogens with zero attached hydrogens (tertiary/aromatic N) is 1. The van der Waals surface area contributed by atoms with Gasteiger partial charge in [-0.05, 0) is 37.1 Å². The highest BCUT2D eigenvalue weighted by molar-refractivity contribution is 9.10. The SMILES string of the molecule is CC1CN(Cc2cc(O)ccc2Br)CCCO1. The molecule has 1 aromatic rings. The highest BCUT2D eigenvalue weighted by Crippen LogP contribution is 2.23. The van der Waals surface area contributed by atoms with Gasteiger partial charge >= 0.3 is 0 Å². The van der Waals surface area contributed by atoms with Crippen molar-refractivity contribution in [2.24, 2.45) is 0 Å². The van der Waals surface area contributed by atoms with Crippen molar-refractivity contribution < 1.29 is 9.84 Å². The van der Waals surface area contributed by atoms with Crippen LogP contribution in [0.1, 0.15) is 18.9 Å². The molecule has 0 amide bonds. The van der Waals surface area contributed by atoms with E-state index in [9.17, 15) is 5.11 Å². The lowest BCUT2D eigenvalue weighted by atomic mass is 10.2. The second-order valence-electron chi connectivity index (χ2n) is 4.55. The Balaban J connectivity index is 2.06. The Morgan fingerprint density at radius 1 is 1.53 bits per heavy atom. The highest BCUT2D eigenvalue weighted by Gasteiger charge is 2.16. The topological polar surface area (TPSA) is 32.7 Å². The van der Waals surface area contributed by atoms with E-state index in [4.69, 9.17) is 4.74 Å². The third kappa shape index (κ3) is 3.69. The minimum Gasteiger partial charge on any atom is -0.508 e. The number of phenolic OH excluding ortho intramolecular Hbond substituents is 1. The maximum absolute atomic E-state index is 9.51. The van der Waals surface area contributed by atoms with Gasteiger partial charge in [-0.3, -0.25) is 4.90 Å². The first-order chi connectivity index (χ1) is 8.15. The Kier molecular flexibility index (Phi) is 4.42. The average Bonchev–Trinajstić information content (AvgIpc) is 2.48. The van der Waals surface area contributed by atoms with Gasteiger partial charge < -0.3 is 9.84 Å². The van der Waals surface area contributed by atoms with E-state index in [-0.39, 0.29) is 6.10 Å². The summed E-state index contributed by atoms with van der Waals surface area (Å²) in [6.07, 6.45) is 1.36. The molecule has 3 nitrogen and oxygen atoms in total. The summed E-state index contributed by atoms with van der Waals surface area (Å²) >= 11 is 3.52. The molecule has 1 fully saturated rings. The van der Waals surface area contributed by atoms with Crippen molar-refractivity contribution in [3.8, 4) is 5.75 Å². The summed E-state index contributed by atoms with van der Waals surface area (Å²) in [5, 5.41) is 9.51. The maximum atomic E-state index is 9.51. The molecule has 0 radical (unpaired) electrons. The zero-order valence-corrected chi connectivity index (χ0v) is 11.6. The Hall–Kier alpha value is -0.580. The number of benzene rings is 1. The van der Waals surface area contributed by atoms with E-state index in [2.05, 4.69) is 27.8 Å². The fourth-order valence-corrected chi connectivity index (χ4v) is 2.52. The standard InChI is InChI=1S/C13H18BrNO2/c1-10-8-15(5-2-6-17-10)9-11-7-12(16)3-4-13(11)14/h3-4,7,10,16H,2,5-6,8-9H2,1H3. The van der Waals surface area contributed by atoms with Gasteiger partial charge in [-0.2, -0.15) is 0 Å². The minimum atomic E-state index is 0.286. The lowest BCUT2D eigenvalue weighted by Gasteiger charge is -2.22. The van der Waals surface area contributed by atoms with E-state index in [0.29, 0.717) is 5.75 Å². The second kappa shape index (κ2) is 5.85. The van der Waals surface area contributed by atoms with Crippen LogP contribution in [0.15, 0.2) is 22.7 Å². The first kappa shape index (κ1) is 12.9. The number of phenols is 1. The zero-order chi connectivity index (χ0) is 12.3. The molecule has 1 N–H and O–H groups in total. The van der Waals surface area contributed by atoms with Crippen LogP contribution in [0.4, 0.5) is 0 Å². The normalized spacial score (nSPS) is 22.4. The molecule has 0 bridgehead atoms. The predicted molar refractivity (Wildman–Crippen MR) is 71.1 cm³/mol. The number of hydrogen-bond donors (Lipinski definition) is 1. The lowest BCUT2D eigenvalue weighted by molar-refractivity contribution is 0.0667. The predicted octanol–water partition coefficient (Wildman–Crippen LogP) is 2.77. The molecule has 1 aliphatic rings. The Morgan fingerprint density at radius 3 is 3.18 bits per heavy atom. The average molecular weight is 300 g/mol. The van der Waals surface area contributed by atoms with Gasteiger partial charge in [0.15, 0.2) is 0 Å². The van der Waals surface area contributed by atoms with E-state index in [1.54, 1.807) is 6.07 Å². The van der Waals surface area contributed by atoms with Crippen molar-refractivity contribution in [1.82, 2.24) is 4.90 Å². The molecule has 4 heteroatoms. The van der Waals surface area contributed by atoms with Gasteiger partial charge in [-0.1, -0.05) is 15.9 Å². The molecule has 0 aromatic heterocycles. The van der Waals surface area contributed by atoms with Crippen LogP contribution in [0.2, 0.25) is 0 Å². The van der Waals surface area contributed by atoms with Crippen LogP contribution in [0.5, 0.6) is 5.75 Å². The maximum Gasteiger partial charge on any atom is 0.115 e. The van der Waals surface area contributed by atoms with Gasteiger partial charge in [-0.25, -0.2) is 0 Å². The molecule has 1 aliphatic heterocycles. The number of ether oxygens (including phenoxy) is 1. The molecule has 1 saturated heterocycles. The van der Waals surface area contributed by atoms with Gasteiger partial charge in [0, 0.05) is 30.7 Å². The van der Waals surface area contributed by atoms with Crippen LogP contribution in [-0.4, -0.2) is 35.8 Å². The van der Waals surface area contributed by atoms with Crippen LogP contribution >= 0.6 is 15.9 Å². The summed E-state index contributed by atoms with van der Waals surface area (Å²) in [6, 6.07) is 5.41. The summed E-state index contributed by atoms with van der Waals surface area (Å²) < 4.78 is 6.67. The van der Waals surface area contributed by atoms with Crippen molar-refractivity contribution >= 4 is 15.9 Å². The van der Waals surface area contributed by atoms with Gasteiger partial charge in [0.25, 0.3) is 0 Å². The number of aromatic hydroxyl groups is 1. The Bertz CT molecular complexity index is 384. The van der Waals surface area contributed by atoms with E-state index in [0.717, 1.165) is 42.7 Å². The van der Waals surface area contributed by atoms with Crippen LogP contribution in [0.25, 0.3) is 0 Å². The fourth-order valence-electron chi connectivity index (χ4n) is 2.15. The molecule has 2 rings (SSSR count). The first-order valence-corrected chi connectivity index (χ1v) is 6.76. The Morgan fingerprint density at radius 2 is 2.35 bits per heavy atom. The quantitative estimate of drug-likeness (QED) is 0.911. The lowest BCUT2D eigenvalue weighted by Crippen LogP contribution is -2.29. The first-order valence-electron chi connectivity index (χ1n) is 5.96. The van der Waals surface area contributed by atoms with Gasteiger partial charge in [-0.15, -0.1) is 0 Å². The third-order valence-electron chi connectivity index (χ3n) is 2.96. The third-order valence-corrected chi connectivity index (χ3v) is 3.73. The smallest absolute Gasteiger partial charge is 0.115 e. The molecule has 17 heavy (non-hydrogen) atoms. The fraction of sp³-hybridized carbons (Fsp3) is 0.538. The van der Waals surface area contributed by atoms with Gasteiger partial charge in [0.05, 0.1) is 6.10 Å². The molecule has 1 aromatic carbocycles. The summed E-state index contributed by atoms with van der Waals surface area (Å²) in [4.78, 5) is 2.37. The van der Waals surface area contributed by atoms with E-state index < -0.39 is 0 Å². The van der Waals surface area contributed by atoms with Crippen LogP contribution in [0.3, 0.4) is 0 Å². The molecular weight excluding hydrogens is 282 g/mol. The van der Waals surface area contributed by atoms with Crippen LogP contribution in [0, 0.1) is 0 Å². The Labute approximate surface area is 111 Å². The molecule has 1 unspecified atom stereocenters. The van der Waals surface area contributed by atoms with Crippen LogP contribution in [-0.2, 0) is 11.3 Å². The van der Waals surface area contributed by atoms with Crippen LogP contribution < -0.4 is 0 Å². The number of halogens is 1. The van der Waals surface area contributed by atoms with Crippen molar-refractivity contribution in [2.75, 3.05) is 19.7 Å². The summed E-state index contributed by atoms with van der Waals surface area (Å²) in [6.45, 7) is 5.80. The zero-order valence-electron chi connectivity index (χ0n) is 10.0. The largest absolute Gasteiger partial charge is 0.508 e. The summed E-state index contributed by atoms with van der Waals surface area (Å²) in [7, 11) is 0. The van der Waals surface area contributed by atoms with Crippen molar-refractivity contribution in [3.05, 3.63) is 28.2 Å². The second-order valence-corrected chi connectivity index (χ2v) is 5.40. The molecule has 1 heterocycles. The van der Waals surface area contributed by atoms with E-state index in [1.165, 1.54) is 0 Å². The highest BCUT2D eigenvalue weighted by atomic mass is 79.9. The molecule has 1 atom stereocenters. The summed E-state index contributed by atoms with van der Waals surface area (Å²) in [5.74, 6) is 0.322. The molecule has 0 spiro atoms. The van der Waals surface area contributed by atoms with Crippen molar-refractivity contribution in [1.29, 1.82) is 0 Å².